The van der Waals surface area contributed by atoms with Crippen molar-refractivity contribution in [3.8, 4) is 11.1 Å². The molecule has 1 aliphatic carbocycles. The van der Waals surface area contributed by atoms with Crippen LogP contribution in [0.1, 0.15) is 77.8 Å². The van der Waals surface area contributed by atoms with Gasteiger partial charge in [0.25, 0.3) is 0 Å². The maximum Gasteiger partial charge on any atom is 0.407 e. The van der Waals surface area contributed by atoms with Crippen LogP contribution in [-0.4, -0.2) is 64.9 Å². The molecule has 2 aromatic carbocycles. The van der Waals surface area contributed by atoms with E-state index in [2.05, 4.69) is 10.6 Å². The van der Waals surface area contributed by atoms with Gasteiger partial charge in [0.1, 0.15) is 29.9 Å². The molecule has 43 heavy (non-hydrogen) atoms. The lowest BCUT2D eigenvalue weighted by Crippen LogP contribution is -2.53. The number of carbonyl (C=O) groups excluding carboxylic acids is 4. The quantitative estimate of drug-likeness (QED) is 0.254. The molecule has 0 aliphatic heterocycles. The lowest BCUT2D eigenvalue weighted by Gasteiger charge is -2.24. The predicted octanol–water partition coefficient (Wildman–Crippen LogP) is 4.32. The molecule has 2 amide bonds. The summed E-state index contributed by atoms with van der Waals surface area (Å²) < 4.78 is 16.0. The number of ether oxygens (including phenoxy) is 3. The second kappa shape index (κ2) is 13.7. The molecule has 3 N–H and O–H groups in total. The fraction of sp³-hybridized carbons (Fsp3) is 0.469. The molecule has 0 spiro atoms. The first-order chi connectivity index (χ1) is 20.0. The van der Waals surface area contributed by atoms with Crippen molar-refractivity contribution in [2.45, 2.75) is 90.0 Å². The number of fused-ring (bicyclic) bond motifs is 3. The summed E-state index contributed by atoms with van der Waals surface area (Å²) in [4.78, 5) is 62.7. The number of carboxylic acid groups (broad SMARTS) is 1. The summed E-state index contributed by atoms with van der Waals surface area (Å²) in [6.07, 6.45) is -2.08. The molecule has 1 aliphatic rings. The van der Waals surface area contributed by atoms with Crippen molar-refractivity contribution in [2.75, 3.05) is 6.61 Å². The monoisotopic (exact) mass is 596 g/mol. The first-order valence-electron chi connectivity index (χ1n) is 14.1. The zero-order valence-electron chi connectivity index (χ0n) is 25.4. The summed E-state index contributed by atoms with van der Waals surface area (Å²) in [7, 11) is 0. The summed E-state index contributed by atoms with van der Waals surface area (Å²) in [6, 6.07) is 12.6. The Morgan fingerprint density at radius 1 is 0.767 bits per heavy atom. The van der Waals surface area contributed by atoms with Crippen LogP contribution in [0.3, 0.4) is 0 Å². The van der Waals surface area contributed by atoms with Crippen molar-refractivity contribution in [1.29, 1.82) is 0 Å². The molecule has 0 aromatic heterocycles. The van der Waals surface area contributed by atoms with Crippen LogP contribution < -0.4 is 10.6 Å². The van der Waals surface area contributed by atoms with Crippen LogP contribution in [0.25, 0.3) is 11.1 Å². The van der Waals surface area contributed by atoms with Crippen molar-refractivity contribution in [1.82, 2.24) is 10.6 Å². The molecule has 0 saturated heterocycles. The summed E-state index contributed by atoms with van der Waals surface area (Å²) in [5.41, 5.74) is 2.45. The molecule has 0 bridgehead atoms. The van der Waals surface area contributed by atoms with Gasteiger partial charge in [0.2, 0.25) is 5.91 Å². The Hall–Kier alpha value is -4.41. The Labute approximate surface area is 251 Å². The first-order valence-corrected chi connectivity index (χ1v) is 14.1. The van der Waals surface area contributed by atoms with E-state index in [9.17, 15) is 29.1 Å². The highest BCUT2D eigenvalue weighted by Gasteiger charge is 2.33. The molecule has 11 nitrogen and oxygen atoms in total. The Morgan fingerprint density at radius 2 is 1.28 bits per heavy atom. The Kier molecular flexibility index (Phi) is 10.6. The maximum atomic E-state index is 13.2. The van der Waals surface area contributed by atoms with Crippen molar-refractivity contribution >= 4 is 29.9 Å². The standard InChI is InChI=1S/C32H40N2O9/c1-31(2,3)42-26(35)16-15-24(29(38)39)33-28(37)25(17-27(36)43-32(4,5)6)34-30(40)41-18-23-21-13-9-7-11-19(21)20-12-8-10-14-22(20)23/h7-14,23-25H,15-18H2,1-6H3,(H,33,37)(H,34,40)(H,38,39)/t24-,25-/m0/s1. The van der Waals surface area contributed by atoms with Gasteiger partial charge in [-0.15, -0.1) is 0 Å². The topological polar surface area (TPSA) is 157 Å². The molecule has 11 heteroatoms. The number of aliphatic carboxylic acids is 1. The van der Waals surface area contributed by atoms with E-state index in [1.54, 1.807) is 41.5 Å². The van der Waals surface area contributed by atoms with Gasteiger partial charge in [-0.2, -0.15) is 0 Å². The molecule has 0 saturated carbocycles. The van der Waals surface area contributed by atoms with Gasteiger partial charge in [0, 0.05) is 12.3 Å². The van der Waals surface area contributed by atoms with E-state index in [0.717, 1.165) is 22.3 Å². The third-order valence-corrected chi connectivity index (χ3v) is 6.41. The highest BCUT2D eigenvalue weighted by Crippen LogP contribution is 2.44. The number of nitrogens with one attached hydrogen (secondary N) is 2. The fourth-order valence-electron chi connectivity index (χ4n) is 4.73. The van der Waals surface area contributed by atoms with Crippen LogP contribution in [0.2, 0.25) is 0 Å². The molecule has 0 heterocycles. The minimum atomic E-state index is -1.51. The highest BCUT2D eigenvalue weighted by atomic mass is 16.6. The molecular formula is C32H40N2O9. The highest BCUT2D eigenvalue weighted by molar-refractivity contribution is 5.92. The Morgan fingerprint density at radius 3 is 1.79 bits per heavy atom. The average Bonchev–Trinajstić information content (AvgIpc) is 3.20. The van der Waals surface area contributed by atoms with Gasteiger partial charge in [0.15, 0.2) is 0 Å². The smallest absolute Gasteiger partial charge is 0.407 e. The summed E-state index contributed by atoms with van der Waals surface area (Å²) in [6.45, 7) is 9.95. The number of amides is 2. The number of hydrogen-bond acceptors (Lipinski definition) is 8. The number of alkyl carbamates (subject to hydrolysis) is 1. The van der Waals surface area contributed by atoms with Crippen LogP contribution in [0.4, 0.5) is 4.79 Å². The average molecular weight is 597 g/mol. The maximum absolute atomic E-state index is 13.2. The second-order valence-corrected chi connectivity index (χ2v) is 12.3. The van der Waals surface area contributed by atoms with Crippen molar-refractivity contribution < 1.29 is 43.3 Å². The van der Waals surface area contributed by atoms with Gasteiger partial charge in [-0.25, -0.2) is 9.59 Å². The number of rotatable bonds is 11. The zero-order chi connectivity index (χ0) is 31.9. The number of esters is 2. The summed E-state index contributed by atoms with van der Waals surface area (Å²) in [5, 5.41) is 14.4. The van der Waals surface area contributed by atoms with Gasteiger partial charge < -0.3 is 30.0 Å². The Bertz CT molecular complexity index is 1310. The molecule has 2 aromatic rings. The van der Waals surface area contributed by atoms with E-state index in [-0.39, 0.29) is 25.4 Å². The molecule has 2 atom stereocenters. The molecule has 232 valence electrons. The van der Waals surface area contributed by atoms with Gasteiger partial charge in [-0.3, -0.25) is 14.4 Å². The molecule has 0 radical (unpaired) electrons. The zero-order valence-corrected chi connectivity index (χ0v) is 25.4. The number of carboxylic acids is 1. The normalized spacial score (nSPS) is 14.0. The fourth-order valence-corrected chi connectivity index (χ4v) is 4.73. The van der Waals surface area contributed by atoms with E-state index in [1.807, 2.05) is 48.5 Å². The molecular weight excluding hydrogens is 556 g/mol. The van der Waals surface area contributed by atoms with E-state index in [0.29, 0.717) is 0 Å². The van der Waals surface area contributed by atoms with Gasteiger partial charge in [-0.05, 0) is 70.2 Å². The molecule has 0 unspecified atom stereocenters. The van der Waals surface area contributed by atoms with Gasteiger partial charge in [0.05, 0.1) is 6.42 Å². The lowest BCUT2D eigenvalue weighted by molar-refractivity contribution is -0.156. The minimum Gasteiger partial charge on any atom is -0.480 e. The summed E-state index contributed by atoms with van der Waals surface area (Å²) >= 11 is 0. The van der Waals surface area contributed by atoms with Crippen LogP contribution in [-0.2, 0) is 33.4 Å². The SMILES string of the molecule is CC(C)(C)OC(=O)CC[C@H](NC(=O)[C@H](CC(=O)OC(C)(C)C)NC(=O)OCC1c2ccccc2-c2ccccc21)C(=O)O. The van der Waals surface area contributed by atoms with Crippen LogP contribution in [0.15, 0.2) is 48.5 Å². The Balaban J connectivity index is 1.70. The largest absolute Gasteiger partial charge is 0.480 e. The van der Waals surface area contributed by atoms with E-state index < -0.39 is 59.6 Å². The van der Waals surface area contributed by atoms with E-state index in [4.69, 9.17) is 14.2 Å². The second-order valence-electron chi connectivity index (χ2n) is 12.3. The van der Waals surface area contributed by atoms with E-state index >= 15 is 0 Å². The van der Waals surface area contributed by atoms with Crippen molar-refractivity contribution in [2.24, 2.45) is 0 Å². The van der Waals surface area contributed by atoms with Gasteiger partial charge in [-0.1, -0.05) is 48.5 Å². The van der Waals surface area contributed by atoms with Crippen LogP contribution in [0.5, 0.6) is 0 Å². The number of carbonyl (C=O) groups is 5. The first kappa shape index (κ1) is 33.1. The third kappa shape index (κ3) is 9.83. The van der Waals surface area contributed by atoms with E-state index in [1.165, 1.54) is 0 Å². The third-order valence-electron chi connectivity index (χ3n) is 6.41. The predicted molar refractivity (Wildman–Crippen MR) is 157 cm³/mol. The van der Waals surface area contributed by atoms with Crippen molar-refractivity contribution in [3.05, 3.63) is 59.7 Å². The van der Waals surface area contributed by atoms with Crippen LogP contribution in [0, 0.1) is 0 Å². The number of hydrogen-bond donors (Lipinski definition) is 3. The minimum absolute atomic E-state index is 0.0335. The van der Waals surface area contributed by atoms with Crippen molar-refractivity contribution in [3.63, 3.8) is 0 Å². The molecule has 3 rings (SSSR count). The summed E-state index contributed by atoms with van der Waals surface area (Å²) in [5.74, 6) is -3.99. The molecule has 0 fully saturated rings. The van der Waals surface area contributed by atoms with Crippen LogP contribution >= 0.6 is 0 Å². The lowest BCUT2D eigenvalue weighted by atomic mass is 9.98. The van der Waals surface area contributed by atoms with Gasteiger partial charge >= 0.3 is 24.0 Å². The number of benzene rings is 2.